The first kappa shape index (κ1) is 17.0. The lowest BCUT2D eigenvalue weighted by molar-refractivity contribution is 0.578. The molecule has 4 nitrogen and oxygen atoms in total. The van der Waals surface area contributed by atoms with E-state index in [-0.39, 0.29) is 4.90 Å². The first-order chi connectivity index (χ1) is 8.90. The van der Waals surface area contributed by atoms with E-state index in [1.165, 1.54) is 0 Å². The van der Waals surface area contributed by atoms with Crippen LogP contribution in [-0.2, 0) is 16.6 Å². The summed E-state index contributed by atoms with van der Waals surface area (Å²) in [5, 5.41) is 0.436. The Kier molecular flexibility index (Phi) is 6.82. The van der Waals surface area contributed by atoms with Gasteiger partial charge in [-0.25, -0.2) is 13.1 Å². The van der Waals surface area contributed by atoms with Gasteiger partial charge in [0.15, 0.2) is 0 Å². The SMILES string of the molecule is CSC(C)CCNS(=O)(=O)c1ccc(CN)cc1Br. The summed E-state index contributed by atoms with van der Waals surface area (Å²) in [7, 11) is -3.47. The molecule has 0 aliphatic rings. The summed E-state index contributed by atoms with van der Waals surface area (Å²) < 4.78 is 27.4. The van der Waals surface area contributed by atoms with Gasteiger partial charge < -0.3 is 5.73 Å². The standard InChI is InChI=1S/C12H19BrN2O2S2/c1-9(18-2)5-6-15-19(16,17)12-4-3-10(8-14)7-11(12)13/h3-4,7,9,15H,5-6,8,14H2,1-2H3. The Hall–Kier alpha value is -0.0800. The summed E-state index contributed by atoms with van der Waals surface area (Å²) in [5.41, 5.74) is 6.41. The minimum absolute atomic E-state index is 0.251. The molecular formula is C12H19BrN2O2S2. The van der Waals surface area contributed by atoms with Crippen molar-refractivity contribution >= 4 is 37.7 Å². The minimum atomic E-state index is -3.47. The summed E-state index contributed by atoms with van der Waals surface area (Å²) in [4.78, 5) is 0.251. The largest absolute Gasteiger partial charge is 0.326 e. The third kappa shape index (κ3) is 5.07. The van der Waals surface area contributed by atoms with Crippen molar-refractivity contribution in [2.75, 3.05) is 12.8 Å². The zero-order chi connectivity index (χ0) is 14.5. The third-order valence-corrected chi connectivity index (χ3v) is 6.24. The second-order valence-electron chi connectivity index (χ2n) is 4.20. The molecule has 19 heavy (non-hydrogen) atoms. The van der Waals surface area contributed by atoms with E-state index in [0.29, 0.717) is 22.8 Å². The Balaban J connectivity index is 2.77. The van der Waals surface area contributed by atoms with E-state index in [4.69, 9.17) is 5.73 Å². The van der Waals surface area contributed by atoms with Gasteiger partial charge in [0, 0.05) is 22.8 Å². The number of sulfonamides is 1. The van der Waals surface area contributed by atoms with Crippen LogP contribution in [0, 0.1) is 0 Å². The monoisotopic (exact) mass is 366 g/mol. The molecule has 0 amide bonds. The van der Waals surface area contributed by atoms with E-state index >= 15 is 0 Å². The number of hydrogen-bond acceptors (Lipinski definition) is 4. The van der Waals surface area contributed by atoms with Crippen LogP contribution >= 0.6 is 27.7 Å². The fourth-order valence-corrected chi connectivity index (χ4v) is 4.01. The second kappa shape index (κ2) is 7.64. The van der Waals surface area contributed by atoms with Crippen LogP contribution in [0.15, 0.2) is 27.6 Å². The Labute approximate surface area is 127 Å². The van der Waals surface area contributed by atoms with Crippen molar-refractivity contribution in [2.24, 2.45) is 5.73 Å². The van der Waals surface area contributed by atoms with Gasteiger partial charge in [0.1, 0.15) is 0 Å². The molecule has 1 atom stereocenters. The van der Waals surface area contributed by atoms with Crippen molar-refractivity contribution in [3.8, 4) is 0 Å². The molecule has 0 saturated heterocycles. The highest BCUT2D eigenvalue weighted by atomic mass is 79.9. The van der Waals surface area contributed by atoms with Crippen LogP contribution in [0.2, 0.25) is 0 Å². The zero-order valence-electron chi connectivity index (χ0n) is 11.0. The molecule has 1 aromatic rings. The molecule has 108 valence electrons. The van der Waals surface area contributed by atoms with Gasteiger partial charge in [-0.15, -0.1) is 0 Å². The van der Waals surface area contributed by atoms with E-state index in [0.717, 1.165) is 12.0 Å². The molecule has 7 heteroatoms. The zero-order valence-corrected chi connectivity index (χ0v) is 14.2. The molecule has 0 radical (unpaired) electrons. The van der Waals surface area contributed by atoms with E-state index in [1.807, 2.05) is 6.26 Å². The fourth-order valence-electron chi connectivity index (χ4n) is 1.48. The number of hydrogen-bond donors (Lipinski definition) is 2. The lowest BCUT2D eigenvalue weighted by Gasteiger charge is -2.11. The lowest BCUT2D eigenvalue weighted by Crippen LogP contribution is -2.26. The average Bonchev–Trinajstić information content (AvgIpc) is 2.37. The van der Waals surface area contributed by atoms with E-state index in [1.54, 1.807) is 30.0 Å². The van der Waals surface area contributed by atoms with Crippen LogP contribution in [0.25, 0.3) is 0 Å². The van der Waals surface area contributed by atoms with Crippen molar-refractivity contribution < 1.29 is 8.42 Å². The number of rotatable bonds is 7. The highest BCUT2D eigenvalue weighted by molar-refractivity contribution is 9.10. The summed E-state index contributed by atoms with van der Waals surface area (Å²) >= 11 is 5.00. The molecule has 0 fully saturated rings. The van der Waals surface area contributed by atoms with Gasteiger partial charge in [-0.1, -0.05) is 13.0 Å². The van der Waals surface area contributed by atoms with Gasteiger partial charge in [0.25, 0.3) is 0 Å². The fraction of sp³-hybridized carbons (Fsp3) is 0.500. The Morgan fingerprint density at radius 1 is 1.47 bits per heavy atom. The third-order valence-electron chi connectivity index (χ3n) is 2.77. The molecule has 0 bridgehead atoms. The van der Waals surface area contributed by atoms with Crippen LogP contribution in [-0.4, -0.2) is 26.5 Å². The van der Waals surface area contributed by atoms with Crippen molar-refractivity contribution in [1.29, 1.82) is 0 Å². The molecule has 0 aliphatic heterocycles. The van der Waals surface area contributed by atoms with Crippen molar-refractivity contribution in [3.05, 3.63) is 28.2 Å². The maximum Gasteiger partial charge on any atom is 0.241 e. The molecule has 0 aromatic heterocycles. The summed E-state index contributed by atoms with van der Waals surface area (Å²) in [6.45, 7) is 2.90. The minimum Gasteiger partial charge on any atom is -0.326 e. The number of halogens is 1. The molecule has 1 unspecified atom stereocenters. The molecule has 1 aromatic carbocycles. The lowest BCUT2D eigenvalue weighted by atomic mass is 10.2. The highest BCUT2D eigenvalue weighted by Crippen LogP contribution is 2.23. The van der Waals surface area contributed by atoms with Gasteiger partial charge in [-0.05, 0) is 46.3 Å². The van der Waals surface area contributed by atoms with E-state index in [9.17, 15) is 8.42 Å². The smallest absolute Gasteiger partial charge is 0.241 e. The normalized spacial score (nSPS) is 13.5. The second-order valence-corrected chi connectivity index (χ2v) is 8.07. The Bertz CT molecular complexity index is 520. The molecule has 0 heterocycles. The van der Waals surface area contributed by atoms with E-state index < -0.39 is 10.0 Å². The number of benzene rings is 1. The first-order valence-corrected chi connectivity index (χ1v) is 9.48. The Morgan fingerprint density at radius 2 is 2.16 bits per heavy atom. The van der Waals surface area contributed by atoms with Crippen LogP contribution in [0.5, 0.6) is 0 Å². The summed E-state index contributed by atoms with van der Waals surface area (Å²) in [5.74, 6) is 0. The van der Waals surface area contributed by atoms with Crippen molar-refractivity contribution in [3.63, 3.8) is 0 Å². The summed E-state index contributed by atoms with van der Waals surface area (Å²) in [6.07, 6.45) is 2.82. The first-order valence-electron chi connectivity index (χ1n) is 5.91. The topological polar surface area (TPSA) is 72.2 Å². The molecule has 0 saturated carbocycles. The maximum absolute atomic E-state index is 12.1. The maximum atomic E-state index is 12.1. The highest BCUT2D eigenvalue weighted by Gasteiger charge is 2.17. The van der Waals surface area contributed by atoms with Crippen molar-refractivity contribution in [2.45, 2.75) is 30.0 Å². The Morgan fingerprint density at radius 3 is 2.68 bits per heavy atom. The number of nitrogens with two attached hydrogens (primary N) is 1. The van der Waals surface area contributed by atoms with Crippen LogP contribution in [0.3, 0.4) is 0 Å². The predicted molar refractivity (Wildman–Crippen MR) is 84.8 cm³/mol. The number of thioether (sulfide) groups is 1. The average molecular weight is 367 g/mol. The predicted octanol–water partition coefficient (Wildman–Crippen LogP) is 2.33. The van der Waals surface area contributed by atoms with Crippen LogP contribution in [0.4, 0.5) is 0 Å². The molecule has 1 rings (SSSR count). The van der Waals surface area contributed by atoms with Crippen LogP contribution in [0.1, 0.15) is 18.9 Å². The van der Waals surface area contributed by atoms with E-state index in [2.05, 4.69) is 27.6 Å². The van der Waals surface area contributed by atoms with Gasteiger partial charge in [-0.3, -0.25) is 0 Å². The van der Waals surface area contributed by atoms with Gasteiger partial charge in [0.05, 0.1) is 4.90 Å². The van der Waals surface area contributed by atoms with Gasteiger partial charge in [0.2, 0.25) is 10.0 Å². The molecule has 0 aliphatic carbocycles. The molecule has 3 N–H and O–H groups in total. The van der Waals surface area contributed by atoms with Gasteiger partial charge >= 0.3 is 0 Å². The van der Waals surface area contributed by atoms with Crippen molar-refractivity contribution in [1.82, 2.24) is 4.72 Å². The molecular weight excluding hydrogens is 348 g/mol. The quantitative estimate of drug-likeness (QED) is 0.776. The summed E-state index contributed by atoms with van der Waals surface area (Å²) in [6, 6.07) is 5.04. The molecule has 0 spiro atoms. The number of nitrogens with one attached hydrogen (secondary N) is 1. The van der Waals surface area contributed by atoms with Crippen LogP contribution < -0.4 is 10.5 Å². The van der Waals surface area contributed by atoms with Gasteiger partial charge in [-0.2, -0.15) is 11.8 Å².